The second-order valence-corrected chi connectivity index (χ2v) is 7.44. The van der Waals surface area contributed by atoms with Crippen molar-refractivity contribution < 1.29 is 10.2 Å². The third kappa shape index (κ3) is 2.08. The minimum absolute atomic E-state index is 0.208. The van der Waals surface area contributed by atoms with Crippen molar-refractivity contribution in [2.24, 2.45) is 0 Å². The predicted octanol–water partition coefficient (Wildman–Crippen LogP) is 0.286. The molecule has 8 heavy (non-hydrogen) atoms. The third-order valence-electron chi connectivity index (χ3n) is 1.62. The Balaban J connectivity index is 3.58. The van der Waals surface area contributed by atoms with Crippen molar-refractivity contribution in [2.75, 3.05) is 25.5 Å². The van der Waals surface area contributed by atoms with Gasteiger partial charge in [0.25, 0.3) is 0 Å². The van der Waals surface area contributed by atoms with Crippen LogP contribution in [0.2, 0.25) is 0 Å². The molecule has 0 fully saturated rings. The third-order valence-corrected chi connectivity index (χ3v) is 4.85. The SMILES string of the molecule is CC[PH](C)(CO)CO. The van der Waals surface area contributed by atoms with Gasteiger partial charge in [-0.2, -0.15) is 0 Å². The molecule has 0 bridgehead atoms. The monoisotopic (exact) mass is 138 g/mol. The van der Waals surface area contributed by atoms with Crippen molar-refractivity contribution in [1.29, 1.82) is 0 Å². The molecule has 0 aliphatic rings. The van der Waals surface area contributed by atoms with Gasteiger partial charge in [0.05, 0.1) is 0 Å². The van der Waals surface area contributed by atoms with Crippen LogP contribution in [0.3, 0.4) is 0 Å². The van der Waals surface area contributed by atoms with Gasteiger partial charge in [0.2, 0.25) is 0 Å². The number of aliphatic hydroxyl groups is 2. The van der Waals surface area contributed by atoms with Crippen molar-refractivity contribution in [3.8, 4) is 0 Å². The fourth-order valence-electron chi connectivity index (χ4n) is 0.274. The number of rotatable bonds is 3. The van der Waals surface area contributed by atoms with Gasteiger partial charge in [-0.1, -0.05) is 0 Å². The molecule has 0 aromatic rings. The van der Waals surface area contributed by atoms with Crippen molar-refractivity contribution in [1.82, 2.24) is 0 Å². The summed E-state index contributed by atoms with van der Waals surface area (Å²) < 4.78 is 0. The Morgan fingerprint density at radius 2 is 1.62 bits per heavy atom. The molecule has 0 aromatic carbocycles. The van der Waals surface area contributed by atoms with E-state index in [2.05, 4.69) is 0 Å². The molecule has 0 aromatic heterocycles. The first kappa shape index (κ1) is 8.35. The molecule has 0 heterocycles. The Morgan fingerprint density at radius 1 is 1.25 bits per heavy atom. The Morgan fingerprint density at radius 3 is 1.62 bits per heavy atom. The van der Waals surface area contributed by atoms with Crippen molar-refractivity contribution in [3.63, 3.8) is 0 Å². The van der Waals surface area contributed by atoms with E-state index < -0.39 is 7.26 Å². The van der Waals surface area contributed by atoms with Crippen LogP contribution in [0.25, 0.3) is 0 Å². The summed E-state index contributed by atoms with van der Waals surface area (Å²) in [4.78, 5) is 0. The van der Waals surface area contributed by atoms with Gasteiger partial charge in [-0.3, -0.25) is 0 Å². The summed E-state index contributed by atoms with van der Waals surface area (Å²) in [6, 6.07) is 0. The predicted molar refractivity (Wildman–Crippen MR) is 39.0 cm³/mol. The molecule has 0 spiro atoms. The summed E-state index contributed by atoms with van der Waals surface area (Å²) in [5, 5.41) is 17.4. The number of hydrogen-bond donors (Lipinski definition) is 2. The molecule has 0 saturated carbocycles. The van der Waals surface area contributed by atoms with Gasteiger partial charge in [0.1, 0.15) is 0 Å². The molecule has 0 amide bonds. The van der Waals surface area contributed by atoms with E-state index in [0.717, 1.165) is 6.16 Å². The normalized spacial score (nSPS) is 14.0. The van der Waals surface area contributed by atoms with Gasteiger partial charge in [-0.15, -0.1) is 0 Å². The van der Waals surface area contributed by atoms with Crippen molar-refractivity contribution >= 4 is 7.26 Å². The minimum atomic E-state index is -1.56. The first-order valence-corrected chi connectivity index (χ1v) is 6.02. The maximum absolute atomic E-state index is 8.69. The molecule has 52 valence electrons. The molecule has 0 atom stereocenters. The van der Waals surface area contributed by atoms with E-state index in [0.29, 0.717) is 0 Å². The maximum atomic E-state index is 8.69. The van der Waals surface area contributed by atoms with Crippen LogP contribution in [0.5, 0.6) is 0 Å². The van der Waals surface area contributed by atoms with Gasteiger partial charge in [0.15, 0.2) is 0 Å². The van der Waals surface area contributed by atoms with Gasteiger partial charge in [-0.05, 0) is 0 Å². The van der Waals surface area contributed by atoms with Crippen LogP contribution in [0, 0.1) is 0 Å². The number of aliphatic hydroxyl groups excluding tert-OH is 2. The van der Waals surface area contributed by atoms with E-state index in [1.807, 2.05) is 13.6 Å². The summed E-state index contributed by atoms with van der Waals surface area (Å²) in [6.07, 6.45) is 1.37. The zero-order valence-electron chi connectivity index (χ0n) is 5.52. The summed E-state index contributed by atoms with van der Waals surface area (Å²) >= 11 is 0. The van der Waals surface area contributed by atoms with Gasteiger partial charge in [0, 0.05) is 0 Å². The molecule has 0 radical (unpaired) electrons. The quantitative estimate of drug-likeness (QED) is 0.550. The van der Waals surface area contributed by atoms with Crippen LogP contribution in [-0.4, -0.2) is 35.7 Å². The summed E-state index contributed by atoms with van der Waals surface area (Å²) in [5.74, 6) is 0. The topological polar surface area (TPSA) is 40.5 Å². The van der Waals surface area contributed by atoms with E-state index in [1.165, 1.54) is 0 Å². The Hall–Kier alpha value is 0.350. The average Bonchev–Trinajstić information content (AvgIpc) is 1.87. The molecule has 2 nitrogen and oxygen atoms in total. The van der Waals surface area contributed by atoms with Crippen molar-refractivity contribution in [2.45, 2.75) is 6.92 Å². The Bertz CT molecular complexity index is 53.2. The van der Waals surface area contributed by atoms with E-state index >= 15 is 0 Å². The van der Waals surface area contributed by atoms with Gasteiger partial charge < -0.3 is 0 Å². The average molecular weight is 138 g/mol. The molecule has 0 rings (SSSR count). The summed E-state index contributed by atoms with van der Waals surface area (Å²) in [7, 11) is -1.56. The fraction of sp³-hybridized carbons (Fsp3) is 1.00. The van der Waals surface area contributed by atoms with Crippen LogP contribution in [0.4, 0.5) is 0 Å². The Kier molecular flexibility index (Phi) is 3.54. The van der Waals surface area contributed by atoms with Gasteiger partial charge >= 0.3 is 49.9 Å². The van der Waals surface area contributed by atoms with E-state index in [1.54, 1.807) is 0 Å². The van der Waals surface area contributed by atoms with E-state index in [9.17, 15) is 0 Å². The molecule has 0 unspecified atom stereocenters. The molecule has 0 aliphatic carbocycles. The van der Waals surface area contributed by atoms with E-state index in [-0.39, 0.29) is 12.7 Å². The fourth-order valence-corrected chi connectivity index (χ4v) is 0.821. The molecule has 2 N–H and O–H groups in total. The first-order valence-electron chi connectivity index (χ1n) is 2.90. The van der Waals surface area contributed by atoms with Crippen LogP contribution in [0.1, 0.15) is 6.92 Å². The second-order valence-electron chi connectivity index (χ2n) is 2.48. The van der Waals surface area contributed by atoms with E-state index in [4.69, 9.17) is 10.2 Å². The molecule has 0 aliphatic heterocycles. The summed E-state index contributed by atoms with van der Waals surface area (Å²) in [6.45, 7) is 4.01. The molecular weight excluding hydrogens is 123 g/mol. The standard InChI is InChI=1S/C5H15O2P/c1-3-8(2,4-6)5-7/h6-8H,3-5H2,1-2H3. The number of hydrogen-bond acceptors (Lipinski definition) is 2. The first-order chi connectivity index (χ1) is 3.68. The van der Waals surface area contributed by atoms with Crippen LogP contribution in [0.15, 0.2) is 0 Å². The Labute approximate surface area is 50.9 Å². The molecule has 0 saturated heterocycles. The van der Waals surface area contributed by atoms with Crippen LogP contribution >= 0.6 is 7.26 Å². The molecule has 3 heteroatoms. The zero-order valence-corrected chi connectivity index (χ0v) is 6.52. The van der Waals surface area contributed by atoms with Crippen LogP contribution < -0.4 is 0 Å². The van der Waals surface area contributed by atoms with Gasteiger partial charge in [-0.25, -0.2) is 0 Å². The van der Waals surface area contributed by atoms with Crippen LogP contribution in [-0.2, 0) is 0 Å². The van der Waals surface area contributed by atoms with Crippen molar-refractivity contribution in [3.05, 3.63) is 0 Å². The molecular formula is C5H15O2P. The zero-order chi connectivity index (χ0) is 6.62. The summed E-state index contributed by atoms with van der Waals surface area (Å²) in [5.41, 5.74) is 0. The second kappa shape index (κ2) is 3.39.